The number of aromatic nitrogens is 6. The van der Waals surface area contributed by atoms with Crippen molar-refractivity contribution in [3.8, 4) is 0 Å². The summed E-state index contributed by atoms with van der Waals surface area (Å²) in [7, 11) is 0. The number of anilines is 2. The van der Waals surface area contributed by atoms with Gasteiger partial charge in [-0.2, -0.15) is 15.1 Å². The Bertz CT molecular complexity index is 656. The number of aryl methyl sites for hydroxylation is 1. The van der Waals surface area contributed by atoms with Crippen LogP contribution in [0.25, 0.3) is 11.0 Å². The maximum atomic E-state index is 5.64. The molecule has 0 aliphatic rings. The number of nitrogens with two attached hydrogens (primary N) is 1. The van der Waals surface area contributed by atoms with E-state index in [0.29, 0.717) is 11.5 Å². The van der Waals surface area contributed by atoms with Crippen LogP contribution in [-0.2, 0) is 6.54 Å². The summed E-state index contributed by atoms with van der Waals surface area (Å²) in [6, 6.07) is 0. The highest BCUT2D eigenvalue weighted by molar-refractivity contribution is 5.86. The average molecular weight is 258 g/mol. The fourth-order valence-electron chi connectivity index (χ4n) is 1.87. The van der Waals surface area contributed by atoms with Crippen molar-refractivity contribution < 1.29 is 0 Å². The minimum atomic E-state index is 0.230. The van der Waals surface area contributed by atoms with Crippen LogP contribution in [0, 0.1) is 0 Å². The number of nitrogen functional groups attached to an aromatic ring is 1. The Morgan fingerprint density at radius 2 is 2.32 bits per heavy atom. The molecule has 0 aliphatic heterocycles. The number of H-pyrrole nitrogens is 1. The summed E-state index contributed by atoms with van der Waals surface area (Å²) in [4.78, 5) is 12.2. The number of imidazole rings is 1. The highest BCUT2D eigenvalue weighted by atomic mass is 15.2. The van der Waals surface area contributed by atoms with E-state index >= 15 is 0 Å². The Morgan fingerprint density at radius 1 is 1.37 bits per heavy atom. The molecule has 3 aromatic heterocycles. The van der Waals surface area contributed by atoms with Crippen molar-refractivity contribution in [2.24, 2.45) is 0 Å². The Labute approximate surface area is 109 Å². The van der Waals surface area contributed by atoms with Crippen LogP contribution >= 0.6 is 0 Å². The third-order valence-corrected chi connectivity index (χ3v) is 2.77. The molecule has 98 valence electrons. The molecular formula is C11H14N8. The molecule has 8 nitrogen and oxygen atoms in total. The zero-order valence-corrected chi connectivity index (χ0v) is 10.2. The molecule has 3 rings (SSSR count). The average Bonchev–Trinajstić information content (AvgIpc) is 3.04. The fraction of sp³-hybridized carbons (Fsp3) is 0.273. The molecule has 3 aromatic rings. The number of aromatic amines is 1. The molecule has 0 saturated carbocycles. The molecule has 3 heterocycles. The van der Waals surface area contributed by atoms with Gasteiger partial charge in [0, 0.05) is 25.5 Å². The van der Waals surface area contributed by atoms with E-state index in [2.05, 4.69) is 30.5 Å². The van der Waals surface area contributed by atoms with Crippen LogP contribution in [0.15, 0.2) is 24.9 Å². The molecule has 0 saturated heterocycles. The molecule has 0 aliphatic carbocycles. The van der Waals surface area contributed by atoms with Crippen molar-refractivity contribution in [1.82, 2.24) is 29.7 Å². The van der Waals surface area contributed by atoms with Gasteiger partial charge in [0.15, 0.2) is 5.65 Å². The Morgan fingerprint density at radius 3 is 3.16 bits per heavy atom. The molecule has 4 N–H and O–H groups in total. The number of nitrogens with one attached hydrogen (secondary N) is 2. The monoisotopic (exact) mass is 258 g/mol. The predicted octanol–water partition coefficient (Wildman–Crippen LogP) is 0.634. The summed E-state index contributed by atoms with van der Waals surface area (Å²) >= 11 is 0. The first-order valence-electron chi connectivity index (χ1n) is 5.99. The van der Waals surface area contributed by atoms with Crippen LogP contribution < -0.4 is 11.1 Å². The van der Waals surface area contributed by atoms with Gasteiger partial charge in [0.05, 0.1) is 17.9 Å². The van der Waals surface area contributed by atoms with Crippen molar-refractivity contribution in [1.29, 1.82) is 0 Å². The maximum absolute atomic E-state index is 5.64. The lowest BCUT2D eigenvalue weighted by Crippen LogP contribution is -2.08. The van der Waals surface area contributed by atoms with Crippen molar-refractivity contribution in [3.63, 3.8) is 0 Å². The molecular weight excluding hydrogens is 244 g/mol. The second-order valence-electron chi connectivity index (χ2n) is 4.14. The van der Waals surface area contributed by atoms with Gasteiger partial charge in [0.25, 0.3) is 0 Å². The molecule has 0 spiro atoms. The minimum Gasteiger partial charge on any atom is -0.369 e. The molecule has 0 unspecified atom stereocenters. The maximum Gasteiger partial charge on any atom is 0.224 e. The smallest absolute Gasteiger partial charge is 0.224 e. The quantitative estimate of drug-likeness (QED) is 0.579. The van der Waals surface area contributed by atoms with E-state index in [0.717, 1.165) is 24.9 Å². The van der Waals surface area contributed by atoms with Crippen LogP contribution in [0.3, 0.4) is 0 Å². The number of hydrogen-bond acceptors (Lipinski definition) is 6. The predicted molar refractivity (Wildman–Crippen MR) is 71.4 cm³/mol. The van der Waals surface area contributed by atoms with E-state index in [1.54, 1.807) is 18.7 Å². The van der Waals surface area contributed by atoms with E-state index in [9.17, 15) is 0 Å². The van der Waals surface area contributed by atoms with Crippen LogP contribution in [0.1, 0.15) is 6.42 Å². The molecule has 0 fully saturated rings. The highest BCUT2D eigenvalue weighted by Crippen LogP contribution is 2.18. The summed E-state index contributed by atoms with van der Waals surface area (Å²) in [5.74, 6) is 0.941. The lowest BCUT2D eigenvalue weighted by Gasteiger charge is -2.07. The number of fused-ring (bicyclic) bond motifs is 1. The van der Waals surface area contributed by atoms with E-state index in [1.165, 1.54) is 0 Å². The first-order chi connectivity index (χ1) is 9.33. The SMILES string of the molecule is Nc1nc(NCCCn2ccnc2)c2cn[nH]c2n1. The van der Waals surface area contributed by atoms with Crippen molar-refractivity contribution in [2.75, 3.05) is 17.6 Å². The second-order valence-corrected chi connectivity index (χ2v) is 4.14. The van der Waals surface area contributed by atoms with Gasteiger partial charge in [-0.05, 0) is 6.42 Å². The van der Waals surface area contributed by atoms with Gasteiger partial charge in [-0.25, -0.2) is 4.98 Å². The summed E-state index contributed by atoms with van der Waals surface area (Å²) in [5.41, 5.74) is 6.29. The van der Waals surface area contributed by atoms with Crippen LogP contribution in [0.4, 0.5) is 11.8 Å². The van der Waals surface area contributed by atoms with E-state index in [1.807, 2.05) is 10.8 Å². The topological polar surface area (TPSA) is 110 Å². The molecule has 0 aromatic carbocycles. The van der Waals surface area contributed by atoms with Gasteiger partial charge in [0.1, 0.15) is 5.82 Å². The van der Waals surface area contributed by atoms with Gasteiger partial charge in [0.2, 0.25) is 5.95 Å². The van der Waals surface area contributed by atoms with Gasteiger partial charge in [-0.15, -0.1) is 0 Å². The third kappa shape index (κ3) is 2.46. The lowest BCUT2D eigenvalue weighted by molar-refractivity contribution is 0.660. The van der Waals surface area contributed by atoms with Crippen molar-refractivity contribution in [3.05, 3.63) is 24.9 Å². The number of hydrogen-bond donors (Lipinski definition) is 3. The third-order valence-electron chi connectivity index (χ3n) is 2.77. The fourth-order valence-corrected chi connectivity index (χ4v) is 1.87. The Balaban J connectivity index is 1.63. The molecule has 0 bridgehead atoms. The van der Waals surface area contributed by atoms with Crippen molar-refractivity contribution in [2.45, 2.75) is 13.0 Å². The lowest BCUT2D eigenvalue weighted by atomic mass is 10.3. The van der Waals surface area contributed by atoms with Crippen molar-refractivity contribution >= 4 is 22.8 Å². The first-order valence-corrected chi connectivity index (χ1v) is 5.99. The molecule has 8 heteroatoms. The largest absolute Gasteiger partial charge is 0.369 e. The molecule has 0 atom stereocenters. The van der Waals surface area contributed by atoms with Gasteiger partial charge >= 0.3 is 0 Å². The normalized spacial score (nSPS) is 10.9. The van der Waals surface area contributed by atoms with E-state index < -0.39 is 0 Å². The second kappa shape index (κ2) is 4.92. The van der Waals surface area contributed by atoms with Crippen LogP contribution in [-0.4, -0.2) is 36.3 Å². The van der Waals surface area contributed by atoms with Crippen LogP contribution in [0.2, 0.25) is 0 Å². The summed E-state index contributed by atoms with van der Waals surface area (Å²) in [6.07, 6.45) is 8.16. The standard InChI is InChI=1S/C11H14N8/c12-11-16-9(8-6-15-18-10(8)17-11)14-2-1-4-19-5-3-13-7-19/h3,5-7H,1-2,4H2,(H4,12,14,15,16,17,18). The van der Waals surface area contributed by atoms with Crippen LogP contribution in [0.5, 0.6) is 0 Å². The molecule has 0 amide bonds. The summed E-state index contributed by atoms with van der Waals surface area (Å²) in [5, 5.41) is 10.8. The van der Waals surface area contributed by atoms with Gasteiger partial charge < -0.3 is 15.6 Å². The number of rotatable bonds is 5. The Kier molecular flexibility index (Phi) is 2.97. The molecule has 0 radical (unpaired) electrons. The zero-order chi connectivity index (χ0) is 13.1. The van der Waals surface area contributed by atoms with E-state index in [4.69, 9.17) is 5.73 Å². The van der Waals surface area contributed by atoms with E-state index in [-0.39, 0.29) is 5.95 Å². The number of nitrogens with zero attached hydrogens (tertiary/aromatic N) is 5. The summed E-state index contributed by atoms with van der Waals surface area (Å²) in [6.45, 7) is 1.69. The van der Waals surface area contributed by atoms with Gasteiger partial charge in [-0.3, -0.25) is 5.10 Å². The zero-order valence-electron chi connectivity index (χ0n) is 10.2. The minimum absolute atomic E-state index is 0.230. The van der Waals surface area contributed by atoms with Gasteiger partial charge in [-0.1, -0.05) is 0 Å². The summed E-state index contributed by atoms with van der Waals surface area (Å²) < 4.78 is 2.03. The first kappa shape index (κ1) is 11.5. The highest BCUT2D eigenvalue weighted by Gasteiger charge is 2.06. The molecule has 19 heavy (non-hydrogen) atoms. The Hall–Kier alpha value is -2.64.